The third-order valence-electron chi connectivity index (χ3n) is 3.76. The Morgan fingerprint density at radius 2 is 2.17 bits per heavy atom. The molecule has 18 heavy (non-hydrogen) atoms. The number of aryl methyl sites for hydroxylation is 2. The van der Waals surface area contributed by atoms with Gasteiger partial charge >= 0.3 is 0 Å². The molecule has 1 aromatic rings. The molecule has 1 unspecified atom stereocenters. The van der Waals surface area contributed by atoms with Crippen LogP contribution in [0.3, 0.4) is 0 Å². The minimum Gasteiger partial charge on any atom is -0.337 e. The molecule has 0 spiro atoms. The van der Waals surface area contributed by atoms with Crippen molar-refractivity contribution in [1.82, 2.24) is 20.0 Å². The highest BCUT2D eigenvalue weighted by atomic mass is 16.2. The second-order valence-electron chi connectivity index (χ2n) is 4.93. The first-order valence-corrected chi connectivity index (χ1v) is 6.55. The largest absolute Gasteiger partial charge is 0.337 e. The van der Waals surface area contributed by atoms with Gasteiger partial charge in [0, 0.05) is 31.4 Å². The van der Waals surface area contributed by atoms with E-state index in [0.29, 0.717) is 6.54 Å². The number of nitrogens with one attached hydrogen (secondary N) is 1. The smallest absolute Gasteiger partial charge is 0.240 e. The minimum absolute atomic E-state index is 0.00674. The van der Waals surface area contributed by atoms with Gasteiger partial charge in [0.1, 0.15) is 0 Å². The lowest BCUT2D eigenvalue weighted by atomic mass is 10.2. The number of carbonyl (C=O) groups is 1. The van der Waals surface area contributed by atoms with Crippen LogP contribution in [0.25, 0.3) is 0 Å². The van der Waals surface area contributed by atoms with Gasteiger partial charge in [-0.25, -0.2) is 0 Å². The second-order valence-corrected chi connectivity index (χ2v) is 4.93. The predicted octanol–water partition coefficient (Wildman–Crippen LogP) is 0.747. The van der Waals surface area contributed by atoms with Gasteiger partial charge in [-0.1, -0.05) is 6.92 Å². The summed E-state index contributed by atoms with van der Waals surface area (Å²) in [6.45, 7) is 8.46. The minimum atomic E-state index is 0.00674. The molecule has 1 aromatic heterocycles. The molecule has 0 saturated carbocycles. The highest BCUT2D eigenvalue weighted by Crippen LogP contribution is 2.19. The molecule has 1 aliphatic heterocycles. The molecule has 0 aromatic carbocycles. The summed E-state index contributed by atoms with van der Waals surface area (Å²) in [5.41, 5.74) is 3.35. The van der Waals surface area contributed by atoms with Crippen molar-refractivity contribution in [3.8, 4) is 0 Å². The van der Waals surface area contributed by atoms with Gasteiger partial charge in [-0.05, 0) is 26.8 Å². The van der Waals surface area contributed by atoms with Gasteiger partial charge in [-0.2, -0.15) is 5.10 Å². The number of carbonyl (C=O) groups excluding carboxylic acids is 1. The third-order valence-corrected chi connectivity index (χ3v) is 3.76. The van der Waals surface area contributed by atoms with E-state index in [1.54, 1.807) is 0 Å². The molecule has 1 saturated heterocycles. The molecule has 1 atom stereocenters. The van der Waals surface area contributed by atoms with E-state index >= 15 is 0 Å². The Labute approximate surface area is 108 Å². The summed E-state index contributed by atoms with van der Waals surface area (Å²) in [6, 6.07) is 0.00674. The Morgan fingerprint density at radius 3 is 2.72 bits per heavy atom. The number of rotatable bonds is 4. The zero-order valence-electron chi connectivity index (χ0n) is 11.7. The van der Waals surface area contributed by atoms with E-state index in [9.17, 15) is 4.79 Å². The number of hydrogen-bond donors (Lipinski definition) is 1. The molecule has 0 aliphatic carbocycles. The number of hydrogen-bond acceptors (Lipinski definition) is 3. The van der Waals surface area contributed by atoms with E-state index in [1.807, 2.05) is 30.5 Å². The van der Waals surface area contributed by atoms with Crippen molar-refractivity contribution in [3.05, 3.63) is 17.0 Å². The monoisotopic (exact) mass is 250 g/mol. The molecule has 100 valence electrons. The molecular formula is C13H22N4O. The van der Waals surface area contributed by atoms with Crippen LogP contribution < -0.4 is 5.32 Å². The highest BCUT2D eigenvalue weighted by molar-refractivity contribution is 5.84. The van der Waals surface area contributed by atoms with Crippen LogP contribution >= 0.6 is 0 Å². The van der Waals surface area contributed by atoms with Crippen molar-refractivity contribution < 1.29 is 4.79 Å². The highest BCUT2D eigenvalue weighted by Gasteiger charge is 2.31. The van der Waals surface area contributed by atoms with E-state index in [1.165, 1.54) is 5.56 Å². The Balaban J connectivity index is 2.09. The summed E-state index contributed by atoms with van der Waals surface area (Å²) in [5, 5.41) is 7.63. The SMILES string of the molecule is CCNC1CCN(Cc2c(C)nn(C)c2C)C1=O. The first-order chi connectivity index (χ1) is 8.54. The number of aromatic nitrogens is 2. The molecule has 2 rings (SSSR count). The molecular weight excluding hydrogens is 228 g/mol. The lowest BCUT2D eigenvalue weighted by molar-refractivity contribution is -0.129. The van der Waals surface area contributed by atoms with Crippen molar-refractivity contribution in [2.45, 2.75) is 39.8 Å². The maximum Gasteiger partial charge on any atom is 0.240 e. The van der Waals surface area contributed by atoms with Crippen LogP contribution in [0.4, 0.5) is 0 Å². The summed E-state index contributed by atoms with van der Waals surface area (Å²) >= 11 is 0. The van der Waals surface area contributed by atoms with E-state index < -0.39 is 0 Å². The van der Waals surface area contributed by atoms with E-state index in [2.05, 4.69) is 17.3 Å². The van der Waals surface area contributed by atoms with E-state index in [-0.39, 0.29) is 11.9 Å². The van der Waals surface area contributed by atoms with Crippen molar-refractivity contribution >= 4 is 5.91 Å². The van der Waals surface area contributed by atoms with Gasteiger partial charge in [-0.3, -0.25) is 9.48 Å². The zero-order valence-corrected chi connectivity index (χ0v) is 11.7. The van der Waals surface area contributed by atoms with Gasteiger partial charge in [0.15, 0.2) is 0 Å². The average Bonchev–Trinajstić information content (AvgIpc) is 2.78. The van der Waals surface area contributed by atoms with Crippen LogP contribution in [0.1, 0.15) is 30.3 Å². The Kier molecular flexibility index (Phi) is 3.71. The topological polar surface area (TPSA) is 50.2 Å². The van der Waals surface area contributed by atoms with Crippen molar-refractivity contribution in [3.63, 3.8) is 0 Å². The molecule has 1 aliphatic rings. The molecule has 2 heterocycles. The first kappa shape index (κ1) is 13.1. The third kappa shape index (κ3) is 2.27. The quantitative estimate of drug-likeness (QED) is 0.858. The van der Waals surface area contributed by atoms with E-state index in [0.717, 1.165) is 30.9 Å². The Bertz CT molecular complexity index is 452. The Hall–Kier alpha value is -1.36. The lowest BCUT2D eigenvalue weighted by Crippen LogP contribution is -2.37. The zero-order chi connectivity index (χ0) is 13.3. The van der Waals surface area contributed by atoms with Crippen LogP contribution in [0.15, 0.2) is 0 Å². The van der Waals surface area contributed by atoms with Gasteiger partial charge in [-0.15, -0.1) is 0 Å². The molecule has 1 N–H and O–H groups in total. The van der Waals surface area contributed by atoms with Crippen molar-refractivity contribution in [2.75, 3.05) is 13.1 Å². The molecule has 5 heteroatoms. The number of likely N-dealkylation sites (tertiary alicyclic amines) is 1. The van der Waals surface area contributed by atoms with Crippen molar-refractivity contribution in [1.29, 1.82) is 0 Å². The lowest BCUT2D eigenvalue weighted by Gasteiger charge is -2.17. The van der Waals surface area contributed by atoms with Crippen LogP contribution in [0.5, 0.6) is 0 Å². The fourth-order valence-corrected chi connectivity index (χ4v) is 2.57. The molecule has 0 radical (unpaired) electrons. The van der Waals surface area contributed by atoms with Crippen LogP contribution in [-0.2, 0) is 18.4 Å². The fraction of sp³-hybridized carbons (Fsp3) is 0.692. The number of amides is 1. The normalized spacial score (nSPS) is 19.9. The van der Waals surface area contributed by atoms with Gasteiger partial charge in [0.2, 0.25) is 5.91 Å². The molecule has 0 bridgehead atoms. The standard InChI is InChI=1S/C13H22N4O/c1-5-14-12-6-7-17(13(12)18)8-11-9(2)15-16(4)10(11)3/h12,14H,5-8H2,1-4H3. The van der Waals surface area contributed by atoms with Gasteiger partial charge in [0.05, 0.1) is 11.7 Å². The van der Waals surface area contributed by atoms with E-state index in [4.69, 9.17) is 0 Å². The molecule has 1 amide bonds. The summed E-state index contributed by atoms with van der Waals surface area (Å²) in [6.07, 6.45) is 0.908. The van der Waals surface area contributed by atoms with Crippen LogP contribution in [0, 0.1) is 13.8 Å². The van der Waals surface area contributed by atoms with Crippen molar-refractivity contribution in [2.24, 2.45) is 7.05 Å². The van der Waals surface area contributed by atoms with Crippen LogP contribution in [-0.4, -0.2) is 39.7 Å². The van der Waals surface area contributed by atoms with Crippen LogP contribution in [0.2, 0.25) is 0 Å². The fourth-order valence-electron chi connectivity index (χ4n) is 2.57. The Morgan fingerprint density at radius 1 is 1.44 bits per heavy atom. The number of nitrogens with zero attached hydrogens (tertiary/aromatic N) is 3. The summed E-state index contributed by atoms with van der Waals surface area (Å²) in [7, 11) is 1.94. The second kappa shape index (κ2) is 5.10. The first-order valence-electron chi connectivity index (χ1n) is 6.55. The summed E-state index contributed by atoms with van der Waals surface area (Å²) in [4.78, 5) is 14.1. The predicted molar refractivity (Wildman–Crippen MR) is 70.2 cm³/mol. The maximum absolute atomic E-state index is 12.2. The average molecular weight is 250 g/mol. The number of likely N-dealkylation sites (N-methyl/N-ethyl adjacent to an activating group) is 1. The summed E-state index contributed by atoms with van der Waals surface area (Å²) in [5.74, 6) is 0.222. The maximum atomic E-state index is 12.2. The summed E-state index contributed by atoms with van der Waals surface area (Å²) < 4.78 is 1.88. The molecule has 5 nitrogen and oxygen atoms in total. The molecule has 1 fully saturated rings. The van der Waals surface area contributed by atoms with Gasteiger partial charge < -0.3 is 10.2 Å². The van der Waals surface area contributed by atoms with Gasteiger partial charge in [0.25, 0.3) is 0 Å².